The lowest BCUT2D eigenvalue weighted by Gasteiger charge is -2.11. The number of hydrogen-bond donors (Lipinski definition) is 0. The number of aromatic nitrogens is 2. The van der Waals surface area contributed by atoms with Crippen molar-refractivity contribution in [2.75, 3.05) is 0 Å². The van der Waals surface area contributed by atoms with Crippen LogP contribution in [0.5, 0.6) is 0 Å². The van der Waals surface area contributed by atoms with Gasteiger partial charge in [-0.25, -0.2) is 4.98 Å². The number of imidazole rings is 1. The van der Waals surface area contributed by atoms with Crippen molar-refractivity contribution in [2.45, 2.75) is 22.6 Å². The lowest BCUT2D eigenvalue weighted by molar-refractivity contribution is 0.675. The zero-order valence-corrected chi connectivity index (χ0v) is 14.1. The number of hydrogen-bond acceptors (Lipinski definition) is 2. The van der Waals surface area contributed by atoms with Crippen LogP contribution in [0.4, 0.5) is 0 Å². The first-order valence-electron chi connectivity index (χ1n) is 7.34. The highest BCUT2D eigenvalue weighted by Crippen LogP contribution is 2.24. The molecule has 1 aromatic heterocycles. The Morgan fingerprint density at radius 1 is 1.09 bits per heavy atom. The quantitative estimate of drug-likeness (QED) is 0.629. The van der Waals surface area contributed by atoms with E-state index in [1.807, 2.05) is 65.4 Å². The molecule has 0 bridgehead atoms. The first kappa shape index (κ1) is 16.0. The predicted octanol–water partition coefficient (Wildman–Crippen LogP) is 4.17. The molecule has 0 N–H and O–H groups in total. The Morgan fingerprint density at radius 2 is 1.83 bits per heavy atom. The topological polar surface area (TPSA) is 34.9 Å². The maximum Gasteiger partial charge on any atom is 0.0946 e. The van der Waals surface area contributed by atoms with Crippen molar-refractivity contribution in [2.24, 2.45) is 0 Å². The third-order valence-corrected chi connectivity index (χ3v) is 5.36. The maximum absolute atomic E-state index is 12.4. The van der Waals surface area contributed by atoms with Gasteiger partial charge in [0.25, 0.3) is 0 Å². The van der Waals surface area contributed by atoms with Gasteiger partial charge in [-0.2, -0.15) is 0 Å². The lowest BCUT2D eigenvalue weighted by Crippen LogP contribution is -2.03. The summed E-state index contributed by atoms with van der Waals surface area (Å²) in [5.41, 5.74) is 2.09. The van der Waals surface area contributed by atoms with Crippen LogP contribution in [0.15, 0.2) is 78.2 Å². The molecule has 118 valence electrons. The van der Waals surface area contributed by atoms with Crippen LogP contribution in [0.25, 0.3) is 0 Å². The molecule has 0 amide bonds. The van der Waals surface area contributed by atoms with Crippen LogP contribution in [0.3, 0.4) is 0 Å². The van der Waals surface area contributed by atoms with E-state index >= 15 is 0 Å². The predicted molar refractivity (Wildman–Crippen MR) is 93.8 cm³/mol. The van der Waals surface area contributed by atoms with Crippen LogP contribution in [-0.4, -0.2) is 13.8 Å². The van der Waals surface area contributed by atoms with Gasteiger partial charge in [0.1, 0.15) is 0 Å². The van der Waals surface area contributed by atoms with Gasteiger partial charge in [0.2, 0.25) is 0 Å². The van der Waals surface area contributed by atoms with Gasteiger partial charge in [0.15, 0.2) is 0 Å². The number of benzene rings is 2. The zero-order valence-electron chi connectivity index (χ0n) is 12.5. The minimum atomic E-state index is -1.05. The van der Waals surface area contributed by atoms with E-state index in [-0.39, 0.29) is 5.38 Å². The summed E-state index contributed by atoms with van der Waals surface area (Å²) in [6.45, 7) is 0.661. The number of nitrogens with zero attached hydrogens (tertiary/aromatic N) is 2. The highest BCUT2D eigenvalue weighted by Gasteiger charge is 2.10. The van der Waals surface area contributed by atoms with E-state index in [0.29, 0.717) is 12.3 Å². The molecule has 0 aliphatic heterocycles. The van der Waals surface area contributed by atoms with Crippen LogP contribution >= 0.6 is 11.6 Å². The Morgan fingerprint density at radius 3 is 2.48 bits per heavy atom. The summed E-state index contributed by atoms with van der Waals surface area (Å²) in [6.07, 6.45) is 5.37. The summed E-state index contributed by atoms with van der Waals surface area (Å²) in [4.78, 5) is 4.83. The van der Waals surface area contributed by atoms with Crippen molar-refractivity contribution >= 4 is 22.4 Å². The summed E-state index contributed by atoms with van der Waals surface area (Å²) in [5.74, 6) is 0.527. The van der Waals surface area contributed by atoms with Gasteiger partial charge in [0, 0.05) is 23.8 Å². The molecule has 23 heavy (non-hydrogen) atoms. The lowest BCUT2D eigenvalue weighted by atomic mass is 10.1. The smallest absolute Gasteiger partial charge is 0.0946 e. The third-order valence-electron chi connectivity index (χ3n) is 3.58. The van der Waals surface area contributed by atoms with Crippen LogP contribution in [0.2, 0.25) is 0 Å². The fourth-order valence-electron chi connectivity index (χ4n) is 2.32. The van der Waals surface area contributed by atoms with Crippen molar-refractivity contribution in [1.29, 1.82) is 0 Å². The molecule has 2 unspecified atom stereocenters. The Balaban J connectivity index is 1.65. The molecule has 0 saturated carbocycles. The summed E-state index contributed by atoms with van der Waals surface area (Å²) in [5, 5.41) is -0.138. The van der Waals surface area contributed by atoms with E-state index in [1.54, 1.807) is 12.5 Å². The summed E-state index contributed by atoms with van der Waals surface area (Å²) < 4.78 is 14.4. The first-order valence-corrected chi connectivity index (χ1v) is 9.10. The molecule has 0 aliphatic carbocycles. The molecule has 5 heteroatoms. The molecule has 1 heterocycles. The SMILES string of the molecule is O=S(Cc1ccccc1)c1ccc(C(Cl)Cn2ccnc2)cc1. The minimum Gasteiger partial charge on any atom is -0.336 e. The van der Waals surface area contributed by atoms with E-state index in [2.05, 4.69) is 4.98 Å². The molecule has 0 aliphatic rings. The van der Waals surface area contributed by atoms with Crippen molar-refractivity contribution in [3.8, 4) is 0 Å². The fourth-order valence-corrected chi connectivity index (χ4v) is 3.73. The molecule has 0 fully saturated rings. The molecule has 3 aromatic rings. The molecule has 2 atom stereocenters. The Bertz CT molecular complexity index is 757. The van der Waals surface area contributed by atoms with Crippen molar-refractivity contribution < 1.29 is 4.21 Å². The number of halogens is 1. The van der Waals surface area contributed by atoms with E-state index in [1.165, 1.54) is 0 Å². The molecule has 0 spiro atoms. The molecule has 2 aromatic carbocycles. The van der Waals surface area contributed by atoms with Gasteiger partial charge in [-0.15, -0.1) is 11.6 Å². The molecule has 0 radical (unpaired) electrons. The average molecular weight is 345 g/mol. The third kappa shape index (κ3) is 4.30. The second-order valence-corrected chi connectivity index (χ2v) is 7.25. The minimum absolute atomic E-state index is 0.138. The molecule has 0 saturated heterocycles. The van der Waals surface area contributed by atoms with Gasteiger partial charge in [-0.05, 0) is 23.3 Å². The number of rotatable bonds is 6. The van der Waals surface area contributed by atoms with E-state index < -0.39 is 10.8 Å². The van der Waals surface area contributed by atoms with Crippen LogP contribution < -0.4 is 0 Å². The summed E-state index contributed by atoms with van der Waals surface area (Å²) in [6, 6.07) is 17.6. The van der Waals surface area contributed by atoms with Gasteiger partial charge >= 0.3 is 0 Å². The fraction of sp³-hybridized carbons (Fsp3) is 0.167. The van der Waals surface area contributed by atoms with Crippen molar-refractivity contribution in [1.82, 2.24) is 9.55 Å². The largest absolute Gasteiger partial charge is 0.336 e. The van der Waals surface area contributed by atoms with Gasteiger partial charge in [-0.1, -0.05) is 42.5 Å². The van der Waals surface area contributed by atoms with Crippen LogP contribution in [0, 0.1) is 0 Å². The summed E-state index contributed by atoms with van der Waals surface area (Å²) >= 11 is 6.43. The summed E-state index contributed by atoms with van der Waals surface area (Å²) in [7, 11) is -1.05. The monoisotopic (exact) mass is 344 g/mol. The highest BCUT2D eigenvalue weighted by molar-refractivity contribution is 7.84. The molecular weight excluding hydrogens is 328 g/mol. The number of alkyl halides is 1. The first-order chi connectivity index (χ1) is 11.2. The molecule has 3 nitrogen and oxygen atoms in total. The molecular formula is C18H17ClN2OS. The van der Waals surface area contributed by atoms with Gasteiger partial charge < -0.3 is 4.57 Å². The van der Waals surface area contributed by atoms with Crippen molar-refractivity contribution in [3.05, 3.63) is 84.4 Å². The zero-order chi connectivity index (χ0) is 16.1. The second-order valence-electron chi connectivity index (χ2n) is 5.27. The van der Waals surface area contributed by atoms with Gasteiger partial charge in [-0.3, -0.25) is 4.21 Å². The van der Waals surface area contributed by atoms with Crippen LogP contribution in [0.1, 0.15) is 16.5 Å². The highest BCUT2D eigenvalue weighted by atomic mass is 35.5. The standard InChI is InChI=1S/C18H17ClN2OS/c19-18(12-21-11-10-20-14-21)16-6-8-17(9-7-16)23(22)13-15-4-2-1-3-5-15/h1-11,14,18H,12-13H2. The van der Waals surface area contributed by atoms with Crippen LogP contribution in [-0.2, 0) is 23.1 Å². The van der Waals surface area contributed by atoms with Gasteiger partial charge in [0.05, 0.1) is 28.3 Å². The van der Waals surface area contributed by atoms with E-state index in [4.69, 9.17) is 11.6 Å². The normalized spacial score (nSPS) is 13.6. The second kappa shape index (κ2) is 7.57. The Hall–Kier alpha value is -1.91. The van der Waals surface area contributed by atoms with E-state index in [0.717, 1.165) is 16.0 Å². The van der Waals surface area contributed by atoms with E-state index in [9.17, 15) is 4.21 Å². The Kier molecular flexibility index (Phi) is 5.26. The Labute approximate surface area is 143 Å². The van der Waals surface area contributed by atoms with Crippen molar-refractivity contribution in [3.63, 3.8) is 0 Å². The maximum atomic E-state index is 12.4. The molecule has 3 rings (SSSR count). The average Bonchev–Trinajstić information content (AvgIpc) is 3.09.